The van der Waals surface area contributed by atoms with Gasteiger partial charge in [0, 0.05) is 26.7 Å². The first kappa shape index (κ1) is 20.6. The highest BCUT2D eigenvalue weighted by Crippen LogP contribution is 2.24. The van der Waals surface area contributed by atoms with Crippen LogP contribution < -0.4 is 10.6 Å². The molecule has 0 amide bonds. The molecule has 2 N–H and O–H groups in total. The Hall–Kier alpha value is -1.74. The van der Waals surface area contributed by atoms with Crippen LogP contribution in [0.4, 0.5) is 13.2 Å². The fraction of sp³-hybridized carbons (Fsp3) is 0.706. The van der Waals surface area contributed by atoms with Crippen molar-refractivity contribution in [1.29, 1.82) is 0 Å². The molecular weight excluding hydrogens is 349 g/mol. The van der Waals surface area contributed by atoms with Crippen LogP contribution in [0.1, 0.15) is 31.1 Å². The summed E-state index contributed by atoms with van der Waals surface area (Å²) in [6.07, 6.45) is 0.225. The van der Waals surface area contributed by atoms with Gasteiger partial charge in [-0.05, 0) is 44.5 Å². The summed E-state index contributed by atoms with van der Waals surface area (Å²) >= 11 is 0. The Morgan fingerprint density at radius 2 is 2.12 bits per heavy atom. The summed E-state index contributed by atoms with van der Waals surface area (Å²) in [6.45, 7) is 2.03. The van der Waals surface area contributed by atoms with Gasteiger partial charge in [0.15, 0.2) is 5.96 Å². The van der Waals surface area contributed by atoms with Crippen molar-refractivity contribution in [2.24, 2.45) is 4.99 Å². The molecule has 0 radical (unpaired) electrons. The molecule has 9 heteroatoms. The van der Waals surface area contributed by atoms with E-state index >= 15 is 0 Å². The van der Waals surface area contributed by atoms with E-state index in [1.807, 2.05) is 12.1 Å². The average molecular weight is 376 g/mol. The van der Waals surface area contributed by atoms with Crippen molar-refractivity contribution in [1.82, 2.24) is 15.5 Å². The van der Waals surface area contributed by atoms with Crippen LogP contribution in [0.3, 0.4) is 0 Å². The van der Waals surface area contributed by atoms with Crippen LogP contribution >= 0.6 is 0 Å². The predicted molar refractivity (Wildman–Crippen MR) is 93.1 cm³/mol. The number of ether oxygens (including phenoxy) is 1. The van der Waals surface area contributed by atoms with E-state index in [1.165, 1.54) is 12.8 Å². The molecule has 2 heterocycles. The van der Waals surface area contributed by atoms with E-state index < -0.39 is 12.8 Å². The highest BCUT2D eigenvalue weighted by molar-refractivity contribution is 5.79. The van der Waals surface area contributed by atoms with Gasteiger partial charge in [-0.25, -0.2) is 0 Å². The fourth-order valence-corrected chi connectivity index (χ4v) is 2.93. The number of likely N-dealkylation sites (tertiary alicyclic amines) is 1. The van der Waals surface area contributed by atoms with Gasteiger partial charge in [0.2, 0.25) is 0 Å². The van der Waals surface area contributed by atoms with Crippen molar-refractivity contribution < 1.29 is 22.3 Å². The van der Waals surface area contributed by atoms with Crippen molar-refractivity contribution in [3.8, 4) is 0 Å². The molecule has 2 rings (SSSR count). The van der Waals surface area contributed by atoms with Crippen molar-refractivity contribution in [2.45, 2.75) is 31.5 Å². The number of nitrogens with zero attached hydrogens (tertiary/aromatic N) is 2. The Bertz CT molecular complexity index is 529. The summed E-state index contributed by atoms with van der Waals surface area (Å²) in [7, 11) is 1.66. The molecule has 1 saturated heterocycles. The molecule has 6 nitrogen and oxygen atoms in total. The van der Waals surface area contributed by atoms with Gasteiger partial charge in [0.25, 0.3) is 0 Å². The molecule has 148 valence electrons. The number of furan rings is 1. The highest BCUT2D eigenvalue weighted by atomic mass is 19.4. The molecule has 0 bridgehead atoms. The molecule has 1 aliphatic heterocycles. The standard InChI is InChI=1S/C17H27F3N4O2/c1-21-16(22-7-5-10-25-13-17(18,19)20)23-12-14(15-6-4-11-26-15)24-8-2-3-9-24/h4,6,11,14H,2-3,5,7-10,12-13H2,1H3,(H2,21,22,23). The van der Waals surface area contributed by atoms with E-state index in [0.717, 1.165) is 18.8 Å². The van der Waals surface area contributed by atoms with Crippen LogP contribution in [-0.2, 0) is 4.74 Å². The van der Waals surface area contributed by atoms with Crippen LogP contribution in [0.5, 0.6) is 0 Å². The monoisotopic (exact) mass is 376 g/mol. The minimum atomic E-state index is -4.28. The molecule has 0 spiro atoms. The zero-order chi connectivity index (χ0) is 18.8. The van der Waals surface area contributed by atoms with Crippen molar-refractivity contribution in [2.75, 3.05) is 46.4 Å². The van der Waals surface area contributed by atoms with Gasteiger partial charge < -0.3 is 19.8 Å². The van der Waals surface area contributed by atoms with Gasteiger partial charge >= 0.3 is 6.18 Å². The molecule has 0 aliphatic carbocycles. The lowest BCUT2D eigenvalue weighted by Crippen LogP contribution is -2.43. The van der Waals surface area contributed by atoms with Crippen molar-refractivity contribution in [3.05, 3.63) is 24.2 Å². The fourth-order valence-electron chi connectivity index (χ4n) is 2.93. The number of guanidine groups is 1. The third kappa shape index (κ3) is 7.25. The van der Waals surface area contributed by atoms with Gasteiger partial charge in [-0.2, -0.15) is 13.2 Å². The molecule has 1 atom stereocenters. The normalized spacial score (nSPS) is 17.5. The van der Waals surface area contributed by atoms with Crippen molar-refractivity contribution >= 4 is 5.96 Å². The van der Waals surface area contributed by atoms with E-state index in [4.69, 9.17) is 4.42 Å². The summed E-state index contributed by atoms with van der Waals surface area (Å²) in [5, 5.41) is 6.35. The molecule has 1 aliphatic rings. The smallest absolute Gasteiger partial charge is 0.411 e. The topological polar surface area (TPSA) is 62.0 Å². The lowest BCUT2D eigenvalue weighted by molar-refractivity contribution is -0.173. The summed E-state index contributed by atoms with van der Waals surface area (Å²) in [4.78, 5) is 6.53. The van der Waals surface area contributed by atoms with Crippen LogP contribution in [-0.4, -0.2) is 63.5 Å². The van der Waals surface area contributed by atoms with E-state index in [9.17, 15) is 13.2 Å². The van der Waals surface area contributed by atoms with E-state index in [1.54, 1.807) is 13.3 Å². The minimum Gasteiger partial charge on any atom is -0.468 e. The molecule has 1 fully saturated rings. The Morgan fingerprint density at radius 3 is 2.73 bits per heavy atom. The lowest BCUT2D eigenvalue weighted by Gasteiger charge is -2.26. The van der Waals surface area contributed by atoms with Crippen LogP contribution in [0.25, 0.3) is 0 Å². The molecule has 26 heavy (non-hydrogen) atoms. The van der Waals surface area contributed by atoms with Crippen LogP contribution in [0.2, 0.25) is 0 Å². The minimum absolute atomic E-state index is 0.0479. The molecular formula is C17H27F3N4O2. The summed E-state index contributed by atoms with van der Waals surface area (Å²) in [6, 6.07) is 3.98. The second-order valence-electron chi connectivity index (χ2n) is 6.18. The molecule has 0 aromatic carbocycles. The molecule has 1 unspecified atom stereocenters. The molecule has 1 aromatic heterocycles. The summed E-state index contributed by atoms with van der Waals surface area (Å²) in [5.74, 6) is 1.52. The van der Waals surface area contributed by atoms with Gasteiger partial charge in [-0.15, -0.1) is 0 Å². The average Bonchev–Trinajstić information content (AvgIpc) is 3.29. The van der Waals surface area contributed by atoms with E-state index in [2.05, 4.69) is 25.3 Å². The second kappa shape index (κ2) is 10.4. The Balaban J connectivity index is 1.71. The number of alkyl halides is 3. The summed E-state index contributed by atoms with van der Waals surface area (Å²) in [5.41, 5.74) is 0. The van der Waals surface area contributed by atoms with E-state index in [0.29, 0.717) is 25.5 Å². The van der Waals surface area contributed by atoms with Crippen molar-refractivity contribution in [3.63, 3.8) is 0 Å². The first-order valence-corrected chi connectivity index (χ1v) is 8.86. The van der Waals surface area contributed by atoms with Crippen LogP contribution in [0, 0.1) is 0 Å². The maximum Gasteiger partial charge on any atom is 0.411 e. The first-order valence-electron chi connectivity index (χ1n) is 8.86. The van der Waals surface area contributed by atoms with E-state index in [-0.39, 0.29) is 12.6 Å². The number of halogens is 3. The van der Waals surface area contributed by atoms with Gasteiger partial charge in [-0.1, -0.05) is 0 Å². The maximum absolute atomic E-state index is 12.0. The SMILES string of the molecule is CN=C(NCCCOCC(F)(F)F)NCC(c1ccco1)N1CCCC1. The maximum atomic E-state index is 12.0. The van der Waals surface area contributed by atoms with Gasteiger partial charge in [0.1, 0.15) is 12.4 Å². The number of hydrogen-bond acceptors (Lipinski definition) is 4. The number of aliphatic imine (C=N–C) groups is 1. The number of hydrogen-bond donors (Lipinski definition) is 2. The summed E-state index contributed by atoms with van der Waals surface area (Å²) < 4.78 is 46.1. The third-order valence-corrected chi connectivity index (χ3v) is 4.16. The Labute approximate surface area is 151 Å². The van der Waals surface area contributed by atoms with Crippen LogP contribution in [0.15, 0.2) is 27.8 Å². The third-order valence-electron chi connectivity index (χ3n) is 4.16. The Morgan fingerprint density at radius 1 is 1.35 bits per heavy atom. The van der Waals surface area contributed by atoms with Gasteiger partial charge in [-0.3, -0.25) is 9.89 Å². The highest BCUT2D eigenvalue weighted by Gasteiger charge is 2.27. The first-order chi connectivity index (χ1) is 12.5. The Kier molecular flexibility index (Phi) is 8.24. The van der Waals surface area contributed by atoms with Gasteiger partial charge in [0.05, 0.1) is 12.3 Å². The largest absolute Gasteiger partial charge is 0.468 e. The zero-order valence-electron chi connectivity index (χ0n) is 15.0. The molecule has 1 aromatic rings. The predicted octanol–water partition coefficient (Wildman–Crippen LogP) is 2.55. The number of nitrogens with one attached hydrogen (secondary N) is 2. The number of rotatable bonds is 9. The molecule has 0 saturated carbocycles. The second-order valence-corrected chi connectivity index (χ2v) is 6.18. The lowest BCUT2D eigenvalue weighted by atomic mass is 10.2. The quantitative estimate of drug-likeness (QED) is 0.394. The zero-order valence-corrected chi connectivity index (χ0v) is 15.0.